The first-order valence-corrected chi connectivity index (χ1v) is 5.64. The van der Waals surface area contributed by atoms with Gasteiger partial charge in [-0.3, -0.25) is 14.4 Å². The van der Waals surface area contributed by atoms with Crippen molar-refractivity contribution >= 4 is 17.6 Å². The Kier molecular flexibility index (Phi) is 6.42. The molecule has 17 heavy (non-hydrogen) atoms. The molecule has 1 unspecified atom stereocenters. The molecule has 0 bridgehead atoms. The molecule has 6 nitrogen and oxygen atoms in total. The molecule has 6 heteroatoms. The van der Waals surface area contributed by atoms with E-state index in [1.165, 1.54) is 6.92 Å². The predicted octanol–water partition coefficient (Wildman–Crippen LogP) is -0.691. The van der Waals surface area contributed by atoms with Gasteiger partial charge in [0.25, 0.3) is 0 Å². The molecular formula is C11H21N3O3. The van der Waals surface area contributed by atoms with E-state index in [0.29, 0.717) is 0 Å². The monoisotopic (exact) mass is 243 g/mol. The van der Waals surface area contributed by atoms with Gasteiger partial charge < -0.3 is 16.8 Å². The minimum absolute atomic E-state index is 0.0104. The molecule has 0 radical (unpaired) electrons. The summed E-state index contributed by atoms with van der Waals surface area (Å²) >= 11 is 0. The lowest BCUT2D eigenvalue weighted by Gasteiger charge is -2.21. The van der Waals surface area contributed by atoms with Crippen LogP contribution in [0.3, 0.4) is 0 Å². The lowest BCUT2D eigenvalue weighted by Crippen LogP contribution is -2.51. The highest BCUT2D eigenvalue weighted by molar-refractivity contribution is 5.92. The second-order valence-electron chi connectivity index (χ2n) is 4.25. The largest absolute Gasteiger partial charge is 0.370 e. The van der Waals surface area contributed by atoms with Crippen molar-refractivity contribution in [2.75, 3.05) is 0 Å². The third-order valence-electron chi connectivity index (χ3n) is 2.77. The highest BCUT2D eigenvalue weighted by Gasteiger charge is 2.25. The lowest BCUT2D eigenvalue weighted by molar-refractivity contribution is -0.130. The molecule has 0 aromatic carbocycles. The Morgan fingerprint density at radius 2 is 1.82 bits per heavy atom. The Balaban J connectivity index is 4.50. The molecule has 2 amide bonds. The summed E-state index contributed by atoms with van der Waals surface area (Å²) in [5.74, 6) is -1.37. The molecule has 0 aliphatic rings. The van der Waals surface area contributed by atoms with Crippen molar-refractivity contribution in [3.8, 4) is 0 Å². The molecule has 0 aliphatic heterocycles. The molecule has 0 heterocycles. The van der Waals surface area contributed by atoms with Crippen LogP contribution in [0.25, 0.3) is 0 Å². The van der Waals surface area contributed by atoms with E-state index in [0.717, 1.165) is 6.42 Å². The summed E-state index contributed by atoms with van der Waals surface area (Å²) in [6, 6.07) is -1.56. The zero-order valence-corrected chi connectivity index (χ0v) is 10.5. The molecule has 98 valence electrons. The van der Waals surface area contributed by atoms with Gasteiger partial charge in [-0.25, -0.2) is 0 Å². The van der Waals surface area contributed by atoms with Crippen LogP contribution in [0.15, 0.2) is 0 Å². The molecule has 0 fully saturated rings. The van der Waals surface area contributed by atoms with Crippen LogP contribution >= 0.6 is 0 Å². The van der Waals surface area contributed by atoms with E-state index in [2.05, 4.69) is 5.32 Å². The van der Waals surface area contributed by atoms with E-state index in [9.17, 15) is 14.4 Å². The van der Waals surface area contributed by atoms with Gasteiger partial charge >= 0.3 is 0 Å². The zero-order chi connectivity index (χ0) is 13.6. The van der Waals surface area contributed by atoms with Crippen molar-refractivity contribution in [2.45, 2.75) is 45.7 Å². The first-order chi connectivity index (χ1) is 7.79. The molecule has 0 aliphatic carbocycles. The molecule has 0 rings (SSSR count). The van der Waals surface area contributed by atoms with Crippen LogP contribution in [0.4, 0.5) is 0 Å². The van der Waals surface area contributed by atoms with Crippen LogP contribution in [0.2, 0.25) is 0 Å². The van der Waals surface area contributed by atoms with Crippen LogP contribution in [0.5, 0.6) is 0 Å². The van der Waals surface area contributed by atoms with Crippen LogP contribution in [-0.2, 0) is 14.4 Å². The van der Waals surface area contributed by atoms with Gasteiger partial charge in [0.2, 0.25) is 11.8 Å². The number of nitrogens with one attached hydrogen (secondary N) is 1. The minimum atomic E-state index is -0.880. The summed E-state index contributed by atoms with van der Waals surface area (Å²) in [4.78, 5) is 33.7. The van der Waals surface area contributed by atoms with Crippen molar-refractivity contribution in [1.29, 1.82) is 0 Å². The van der Waals surface area contributed by atoms with E-state index >= 15 is 0 Å². The van der Waals surface area contributed by atoms with E-state index in [1.807, 2.05) is 13.8 Å². The van der Waals surface area contributed by atoms with Gasteiger partial charge in [-0.2, -0.15) is 0 Å². The molecular weight excluding hydrogens is 222 g/mol. The van der Waals surface area contributed by atoms with Gasteiger partial charge in [-0.15, -0.1) is 0 Å². The summed E-state index contributed by atoms with van der Waals surface area (Å²) < 4.78 is 0. The molecule has 0 aromatic heterocycles. The lowest BCUT2D eigenvalue weighted by atomic mass is 9.98. The maximum Gasteiger partial charge on any atom is 0.237 e. The standard InChI is InChI=1S/C11H21N3O3/c1-4-6(2)10(13)11(17)14-8(7(3)15)5-9(12)16/h6,8,10H,4-5,13H2,1-3H3,(H2,12,16)(H,14,17)/t6-,8-,10?/m0/s1. The SMILES string of the molecule is CC[C@H](C)C(N)C(=O)N[C@@H](CC(N)=O)C(C)=O. The molecule has 5 N–H and O–H groups in total. The molecule has 3 atom stereocenters. The normalized spacial score (nSPS) is 15.8. The summed E-state index contributed by atoms with van der Waals surface area (Å²) in [6.07, 6.45) is 0.559. The molecule has 0 spiro atoms. The Hall–Kier alpha value is -1.43. The molecule has 0 saturated heterocycles. The summed E-state index contributed by atoms with van der Waals surface area (Å²) in [5.41, 5.74) is 10.7. The molecule has 0 aromatic rings. The highest BCUT2D eigenvalue weighted by Crippen LogP contribution is 2.06. The summed E-state index contributed by atoms with van der Waals surface area (Å²) in [5, 5.41) is 2.45. The number of Topliss-reactive ketones (excluding diaryl/α,β-unsaturated/α-hetero) is 1. The fourth-order valence-electron chi connectivity index (χ4n) is 1.28. The smallest absolute Gasteiger partial charge is 0.237 e. The average Bonchev–Trinajstić information content (AvgIpc) is 2.25. The van der Waals surface area contributed by atoms with E-state index in [1.54, 1.807) is 0 Å². The van der Waals surface area contributed by atoms with Gasteiger partial charge in [0, 0.05) is 0 Å². The van der Waals surface area contributed by atoms with Gasteiger partial charge in [0.15, 0.2) is 5.78 Å². The van der Waals surface area contributed by atoms with Crippen molar-refractivity contribution in [2.24, 2.45) is 17.4 Å². The van der Waals surface area contributed by atoms with Crippen LogP contribution < -0.4 is 16.8 Å². The Morgan fingerprint density at radius 3 is 2.18 bits per heavy atom. The molecule has 0 saturated carbocycles. The zero-order valence-electron chi connectivity index (χ0n) is 10.5. The second kappa shape index (κ2) is 7.01. The Bertz CT molecular complexity index is 304. The van der Waals surface area contributed by atoms with Crippen LogP contribution in [0.1, 0.15) is 33.6 Å². The number of nitrogens with two attached hydrogens (primary N) is 2. The first-order valence-electron chi connectivity index (χ1n) is 5.64. The topological polar surface area (TPSA) is 115 Å². The number of hydrogen-bond donors (Lipinski definition) is 3. The summed E-state index contributed by atoms with van der Waals surface area (Å²) in [6.45, 7) is 5.06. The van der Waals surface area contributed by atoms with Crippen molar-refractivity contribution < 1.29 is 14.4 Å². The number of rotatable bonds is 7. The third kappa shape index (κ3) is 5.44. The maximum absolute atomic E-state index is 11.7. The van der Waals surface area contributed by atoms with Crippen molar-refractivity contribution in [3.05, 3.63) is 0 Å². The summed E-state index contributed by atoms with van der Waals surface area (Å²) in [7, 11) is 0. The van der Waals surface area contributed by atoms with Crippen molar-refractivity contribution in [1.82, 2.24) is 5.32 Å². The first kappa shape index (κ1) is 15.6. The van der Waals surface area contributed by atoms with Gasteiger partial charge in [0.05, 0.1) is 18.5 Å². The van der Waals surface area contributed by atoms with E-state index in [4.69, 9.17) is 11.5 Å². The number of hydrogen-bond acceptors (Lipinski definition) is 4. The average molecular weight is 243 g/mol. The second-order valence-corrected chi connectivity index (χ2v) is 4.25. The highest BCUT2D eigenvalue weighted by atomic mass is 16.2. The number of carbonyl (C=O) groups excluding carboxylic acids is 3. The van der Waals surface area contributed by atoms with Crippen LogP contribution in [0, 0.1) is 5.92 Å². The number of amides is 2. The maximum atomic E-state index is 11.7. The van der Waals surface area contributed by atoms with Gasteiger partial charge in [0.1, 0.15) is 0 Å². The van der Waals surface area contributed by atoms with Crippen molar-refractivity contribution in [3.63, 3.8) is 0 Å². The van der Waals surface area contributed by atoms with E-state index in [-0.39, 0.29) is 18.1 Å². The Morgan fingerprint density at radius 1 is 1.29 bits per heavy atom. The quantitative estimate of drug-likeness (QED) is 0.548. The van der Waals surface area contributed by atoms with Gasteiger partial charge in [-0.1, -0.05) is 20.3 Å². The van der Waals surface area contributed by atoms with Gasteiger partial charge in [-0.05, 0) is 12.8 Å². The third-order valence-corrected chi connectivity index (χ3v) is 2.77. The van der Waals surface area contributed by atoms with E-state index < -0.39 is 23.9 Å². The predicted molar refractivity (Wildman–Crippen MR) is 63.9 cm³/mol. The number of carbonyl (C=O) groups is 3. The van der Waals surface area contributed by atoms with Crippen LogP contribution in [-0.4, -0.2) is 29.7 Å². The number of primary amides is 1. The Labute approximate surface area is 101 Å². The number of ketones is 1. The minimum Gasteiger partial charge on any atom is -0.370 e. The fourth-order valence-corrected chi connectivity index (χ4v) is 1.28. The fraction of sp³-hybridized carbons (Fsp3) is 0.727.